The number of carbonyl (C=O) groups is 1. The highest BCUT2D eigenvalue weighted by molar-refractivity contribution is 7.57. The van der Waals surface area contributed by atoms with E-state index in [1.54, 1.807) is 0 Å². The average molecular weight is 364 g/mol. The highest BCUT2D eigenvalue weighted by Gasteiger charge is 2.57. The minimum Gasteiger partial charge on any atom is -0.366 e. The van der Waals surface area contributed by atoms with Gasteiger partial charge in [-0.3, -0.25) is 4.79 Å². The van der Waals surface area contributed by atoms with Gasteiger partial charge in [0.15, 0.2) is 0 Å². The van der Waals surface area contributed by atoms with E-state index < -0.39 is 15.2 Å². The molecular formula is C21H25NOSi2. The van der Waals surface area contributed by atoms with Gasteiger partial charge in [0.2, 0.25) is 5.91 Å². The first-order valence-electron chi connectivity index (χ1n) is 8.93. The molecule has 0 unspecified atom stereocenters. The van der Waals surface area contributed by atoms with E-state index in [4.69, 9.17) is 5.73 Å². The summed E-state index contributed by atoms with van der Waals surface area (Å²) in [4.78, 5) is 12.0. The second kappa shape index (κ2) is 5.05. The van der Waals surface area contributed by atoms with E-state index in [-0.39, 0.29) is 5.91 Å². The van der Waals surface area contributed by atoms with Gasteiger partial charge in [0.1, 0.15) is 0 Å². The summed E-state index contributed by atoms with van der Waals surface area (Å²) in [6, 6.07) is 10.8. The first kappa shape index (κ1) is 16.5. The van der Waals surface area contributed by atoms with E-state index in [9.17, 15) is 4.79 Å². The van der Waals surface area contributed by atoms with Gasteiger partial charge in [0.25, 0.3) is 0 Å². The SMILES string of the molecule is CC1=Cc2c(cccc2-c2ccc(C(N)=O)c3c2[Si](C)(C)[Si]3(C)C)C1. The van der Waals surface area contributed by atoms with Crippen LogP contribution in [0.25, 0.3) is 17.2 Å². The van der Waals surface area contributed by atoms with E-state index in [1.807, 2.05) is 6.07 Å². The molecule has 0 saturated heterocycles. The second-order valence-corrected chi connectivity index (χ2v) is 23.6. The first-order chi connectivity index (χ1) is 11.7. The Kier molecular flexibility index (Phi) is 3.34. The topological polar surface area (TPSA) is 43.1 Å². The molecule has 2 aromatic rings. The Hall–Kier alpha value is -1.92. The lowest BCUT2D eigenvalue weighted by atomic mass is 9.96. The Labute approximate surface area is 151 Å². The highest BCUT2D eigenvalue weighted by Crippen LogP contribution is 2.38. The molecule has 0 fully saturated rings. The van der Waals surface area contributed by atoms with Gasteiger partial charge in [-0.25, -0.2) is 0 Å². The number of nitrogens with two attached hydrogens (primary N) is 1. The lowest BCUT2D eigenvalue weighted by Gasteiger charge is -2.53. The largest absolute Gasteiger partial charge is 0.366 e. The molecular weight excluding hydrogens is 338 g/mol. The molecule has 2 aliphatic rings. The first-order valence-corrected chi connectivity index (χ1v) is 15.9. The average Bonchev–Trinajstić information content (AvgIpc) is 2.93. The number of allylic oxidation sites excluding steroid dienone is 1. The summed E-state index contributed by atoms with van der Waals surface area (Å²) in [5.41, 5.74) is 13.3. The molecule has 1 aliphatic carbocycles. The Morgan fingerprint density at radius 2 is 1.64 bits per heavy atom. The molecule has 128 valence electrons. The summed E-state index contributed by atoms with van der Waals surface area (Å²) in [5, 5.41) is 2.80. The van der Waals surface area contributed by atoms with E-state index in [0.29, 0.717) is 0 Å². The van der Waals surface area contributed by atoms with Crippen molar-refractivity contribution in [2.24, 2.45) is 5.73 Å². The van der Waals surface area contributed by atoms with Crippen LogP contribution in [0.1, 0.15) is 28.4 Å². The maximum Gasteiger partial charge on any atom is 0.248 e. The fraction of sp³-hybridized carbons (Fsp3) is 0.286. The summed E-state index contributed by atoms with van der Waals surface area (Å²) in [7, 11) is -3.13. The minimum atomic E-state index is -1.59. The number of carbonyl (C=O) groups excluding carboxylic acids is 1. The van der Waals surface area contributed by atoms with Crippen LogP contribution in [0.15, 0.2) is 35.9 Å². The van der Waals surface area contributed by atoms with Crippen molar-refractivity contribution in [3.8, 4) is 11.1 Å². The zero-order chi connectivity index (χ0) is 18.1. The van der Waals surface area contributed by atoms with Crippen molar-refractivity contribution in [3.63, 3.8) is 0 Å². The van der Waals surface area contributed by atoms with E-state index in [1.165, 1.54) is 38.2 Å². The van der Waals surface area contributed by atoms with Crippen LogP contribution in [0.2, 0.25) is 26.2 Å². The number of amides is 1. The molecule has 0 bridgehead atoms. The Morgan fingerprint density at radius 1 is 0.960 bits per heavy atom. The smallest absolute Gasteiger partial charge is 0.248 e. The van der Waals surface area contributed by atoms with Crippen LogP contribution in [-0.2, 0) is 6.42 Å². The van der Waals surface area contributed by atoms with Crippen LogP contribution < -0.4 is 16.1 Å². The number of rotatable bonds is 2. The van der Waals surface area contributed by atoms with E-state index in [0.717, 1.165) is 12.0 Å². The molecule has 1 heterocycles. The molecule has 0 radical (unpaired) electrons. The quantitative estimate of drug-likeness (QED) is 0.817. The lowest BCUT2D eigenvalue weighted by Crippen LogP contribution is -2.86. The third-order valence-corrected chi connectivity index (χ3v) is 24.4. The Balaban J connectivity index is 2.04. The van der Waals surface area contributed by atoms with Crippen molar-refractivity contribution in [1.29, 1.82) is 0 Å². The third-order valence-electron chi connectivity index (χ3n) is 6.63. The maximum atomic E-state index is 12.0. The third kappa shape index (κ3) is 2.04. The predicted molar refractivity (Wildman–Crippen MR) is 112 cm³/mol. The van der Waals surface area contributed by atoms with Crippen molar-refractivity contribution < 1.29 is 4.79 Å². The standard InChI is InChI=1S/C21H25NOSi2/c1-13-11-14-7-6-8-15(18(14)12-13)16-9-10-17(21(22)23)20-19(16)24(2,3)25(20,4)5/h6-10,12H,11H2,1-5H3,(H2,22,23). The Bertz CT molecular complexity index is 970. The summed E-state index contributed by atoms with van der Waals surface area (Å²) < 4.78 is 0. The van der Waals surface area contributed by atoms with Crippen molar-refractivity contribution in [3.05, 3.63) is 52.6 Å². The number of hydrogen-bond donors (Lipinski definition) is 1. The van der Waals surface area contributed by atoms with Crippen LogP contribution in [0, 0.1) is 0 Å². The molecule has 0 saturated carbocycles. The van der Waals surface area contributed by atoms with Crippen molar-refractivity contribution in [2.75, 3.05) is 0 Å². The summed E-state index contributed by atoms with van der Waals surface area (Å²) in [6.07, 6.45) is 3.38. The Morgan fingerprint density at radius 3 is 2.32 bits per heavy atom. The maximum absolute atomic E-state index is 12.0. The number of fused-ring (bicyclic) bond motifs is 2. The fourth-order valence-electron chi connectivity index (χ4n) is 4.66. The molecule has 1 amide bonds. The van der Waals surface area contributed by atoms with Crippen LogP contribution in [0.3, 0.4) is 0 Å². The summed E-state index contributed by atoms with van der Waals surface area (Å²) >= 11 is 0. The van der Waals surface area contributed by atoms with Crippen molar-refractivity contribution in [2.45, 2.75) is 39.5 Å². The fourth-order valence-corrected chi connectivity index (χ4v) is 15.5. The van der Waals surface area contributed by atoms with Gasteiger partial charge in [-0.1, -0.05) is 67.3 Å². The van der Waals surface area contributed by atoms with Gasteiger partial charge in [-0.15, -0.1) is 0 Å². The summed E-state index contributed by atoms with van der Waals surface area (Å²) in [6.45, 7) is 12.0. The second-order valence-electron chi connectivity index (χ2n) is 8.57. The van der Waals surface area contributed by atoms with Gasteiger partial charge in [-0.05, 0) is 46.9 Å². The molecule has 0 aromatic heterocycles. The van der Waals surface area contributed by atoms with Gasteiger partial charge < -0.3 is 5.73 Å². The van der Waals surface area contributed by atoms with Gasteiger partial charge in [-0.2, -0.15) is 0 Å². The van der Waals surface area contributed by atoms with Crippen LogP contribution in [-0.4, -0.2) is 21.1 Å². The molecule has 1 aliphatic heterocycles. The monoisotopic (exact) mass is 363 g/mol. The van der Waals surface area contributed by atoms with Gasteiger partial charge >= 0.3 is 0 Å². The van der Waals surface area contributed by atoms with Crippen LogP contribution in [0.4, 0.5) is 0 Å². The predicted octanol–water partition coefficient (Wildman–Crippen LogP) is 3.33. The van der Waals surface area contributed by atoms with Gasteiger partial charge in [0.05, 0.1) is 15.2 Å². The van der Waals surface area contributed by atoms with E-state index >= 15 is 0 Å². The zero-order valence-electron chi connectivity index (χ0n) is 15.7. The molecule has 2 N–H and O–H groups in total. The normalized spacial score (nSPS) is 18.8. The number of primary amides is 1. The highest BCUT2D eigenvalue weighted by atomic mass is 29.3. The number of hydrogen-bond acceptors (Lipinski definition) is 1. The molecule has 0 atom stereocenters. The molecule has 2 aromatic carbocycles. The molecule has 25 heavy (non-hydrogen) atoms. The molecule has 2 nitrogen and oxygen atoms in total. The molecule has 4 heteroatoms. The number of benzene rings is 2. The van der Waals surface area contributed by atoms with Crippen molar-refractivity contribution >= 4 is 37.5 Å². The van der Waals surface area contributed by atoms with Crippen LogP contribution >= 0.6 is 0 Å². The van der Waals surface area contributed by atoms with Crippen LogP contribution in [0.5, 0.6) is 0 Å². The zero-order valence-corrected chi connectivity index (χ0v) is 17.7. The molecule has 0 spiro atoms. The molecule has 4 rings (SSSR count). The van der Waals surface area contributed by atoms with E-state index in [2.05, 4.69) is 63.5 Å². The lowest BCUT2D eigenvalue weighted by molar-refractivity contribution is 0.100. The minimum absolute atomic E-state index is 0.276. The summed E-state index contributed by atoms with van der Waals surface area (Å²) in [5.74, 6) is -0.276. The van der Waals surface area contributed by atoms with Crippen molar-refractivity contribution in [1.82, 2.24) is 0 Å². The van der Waals surface area contributed by atoms with Gasteiger partial charge in [0, 0.05) is 5.56 Å².